The largest absolute Gasteiger partial charge is 0.492 e. The van der Waals surface area contributed by atoms with E-state index in [0.717, 1.165) is 58.7 Å². The van der Waals surface area contributed by atoms with Gasteiger partial charge in [0.1, 0.15) is 23.7 Å². The number of aromatic amines is 1. The maximum Gasteiger partial charge on any atom is 0.326 e. The van der Waals surface area contributed by atoms with Crippen LogP contribution in [-0.2, 0) is 0 Å². The highest BCUT2D eigenvalue weighted by Crippen LogP contribution is 2.38. The van der Waals surface area contributed by atoms with Gasteiger partial charge in [-0.15, -0.1) is 0 Å². The fourth-order valence-electron chi connectivity index (χ4n) is 5.56. The molecule has 4 rings (SSSR count). The number of likely N-dealkylation sites (N-methyl/N-ethyl adjacent to an activating group) is 1. The maximum atomic E-state index is 14.1. The van der Waals surface area contributed by atoms with E-state index in [1.165, 1.54) is 0 Å². The van der Waals surface area contributed by atoms with E-state index in [-0.39, 0.29) is 29.3 Å². The number of nitrogens with one attached hydrogen (secondary N) is 2. The highest BCUT2D eigenvalue weighted by molar-refractivity contribution is 6.03. The molecule has 8 heteroatoms. The summed E-state index contributed by atoms with van der Waals surface area (Å²) in [5, 5.41) is 4.02. The Kier molecular flexibility index (Phi) is 11.4. The Balaban J connectivity index is 1.70. The lowest BCUT2D eigenvalue weighted by atomic mass is 9.88. The highest BCUT2D eigenvalue weighted by Gasteiger charge is 2.25. The molecule has 0 unspecified atom stereocenters. The summed E-state index contributed by atoms with van der Waals surface area (Å²) in [7, 11) is 0. The summed E-state index contributed by atoms with van der Waals surface area (Å²) in [4.78, 5) is 38.3. The third-order valence-electron chi connectivity index (χ3n) is 8.09. The zero-order valence-electron chi connectivity index (χ0n) is 28.1. The predicted molar refractivity (Wildman–Crippen MR) is 187 cm³/mol. The molecule has 2 heterocycles. The quantitative estimate of drug-likeness (QED) is 0.159. The molecule has 2 aromatic heterocycles. The number of urea groups is 1. The van der Waals surface area contributed by atoms with E-state index < -0.39 is 0 Å². The van der Waals surface area contributed by atoms with Crippen molar-refractivity contribution in [3.05, 3.63) is 82.3 Å². The van der Waals surface area contributed by atoms with Crippen molar-refractivity contribution in [1.82, 2.24) is 14.9 Å². The summed E-state index contributed by atoms with van der Waals surface area (Å²) in [5.41, 5.74) is 5.47. The molecule has 0 saturated heterocycles. The molecule has 0 saturated carbocycles. The highest BCUT2D eigenvalue weighted by atomic mass is 16.5. The van der Waals surface area contributed by atoms with Gasteiger partial charge in [0.05, 0.1) is 0 Å². The number of carbonyl (C=O) groups is 1. The number of fused-ring (bicyclic) bond motifs is 1. The van der Waals surface area contributed by atoms with Gasteiger partial charge in [0.15, 0.2) is 0 Å². The standard InChI is InChI=1S/C37H49N5O3/c1-9-41(10-2)17-18-45-30-15-11-13-27(19-30)29-20-31(25(5)6)34(32(21-29)26(7)8)39-37(44)42(23-24(3)4)33-22-28-14-12-16-38-35(28)40-36(33)43/h11-16,19-22,24-26H,9-10,17-18,23H2,1-8H3,(H,39,44)(H,38,40,43). The number of hydrogen-bond acceptors (Lipinski definition) is 5. The Morgan fingerprint density at radius 2 is 1.60 bits per heavy atom. The van der Waals surface area contributed by atoms with Crippen molar-refractivity contribution in [3.8, 4) is 16.9 Å². The summed E-state index contributed by atoms with van der Waals surface area (Å²) >= 11 is 0. The van der Waals surface area contributed by atoms with Crippen LogP contribution in [0.3, 0.4) is 0 Å². The molecule has 0 atom stereocenters. The first kappa shape index (κ1) is 33.7. The van der Waals surface area contributed by atoms with Crippen molar-refractivity contribution in [2.24, 2.45) is 5.92 Å². The van der Waals surface area contributed by atoms with Gasteiger partial charge >= 0.3 is 6.03 Å². The van der Waals surface area contributed by atoms with E-state index in [1.807, 2.05) is 38.1 Å². The van der Waals surface area contributed by atoms with Crippen LogP contribution in [0.5, 0.6) is 5.75 Å². The number of aromatic nitrogens is 2. The topological polar surface area (TPSA) is 90.6 Å². The molecule has 2 N–H and O–H groups in total. The second-order valence-corrected chi connectivity index (χ2v) is 12.6. The first-order valence-corrected chi connectivity index (χ1v) is 16.2. The summed E-state index contributed by atoms with van der Waals surface area (Å²) in [6, 6.07) is 17.7. The van der Waals surface area contributed by atoms with Crippen LogP contribution in [0.1, 0.15) is 78.4 Å². The molecule has 0 radical (unpaired) electrons. The average Bonchev–Trinajstić information content (AvgIpc) is 3.01. The van der Waals surface area contributed by atoms with Crippen molar-refractivity contribution < 1.29 is 9.53 Å². The monoisotopic (exact) mass is 611 g/mol. The second kappa shape index (κ2) is 15.2. The lowest BCUT2D eigenvalue weighted by Crippen LogP contribution is -2.41. The maximum absolute atomic E-state index is 14.1. The van der Waals surface area contributed by atoms with Gasteiger partial charge in [-0.1, -0.05) is 67.5 Å². The van der Waals surface area contributed by atoms with Crippen LogP contribution < -0.4 is 20.5 Å². The van der Waals surface area contributed by atoms with E-state index in [1.54, 1.807) is 17.2 Å². The Labute approximate surface area is 267 Å². The van der Waals surface area contributed by atoms with Crippen LogP contribution in [0.25, 0.3) is 22.2 Å². The van der Waals surface area contributed by atoms with Crippen LogP contribution >= 0.6 is 0 Å². The molecule has 0 fully saturated rings. The molecule has 240 valence electrons. The molecule has 4 aromatic rings. The third kappa shape index (κ3) is 8.31. The van der Waals surface area contributed by atoms with Gasteiger partial charge in [-0.25, -0.2) is 9.78 Å². The number of amides is 2. The first-order valence-electron chi connectivity index (χ1n) is 16.2. The lowest BCUT2D eigenvalue weighted by Gasteiger charge is -2.28. The predicted octanol–water partition coefficient (Wildman–Crippen LogP) is 8.25. The van der Waals surface area contributed by atoms with Gasteiger partial charge in [-0.3, -0.25) is 9.69 Å². The smallest absolute Gasteiger partial charge is 0.326 e. The first-order chi connectivity index (χ1) is 21.5. The van der Waals surface area contributed by atoms with Gasteiger partial charge in [0.25, 0.3) is 5.56 Å². The Bertz CT molecular complexity index is 1630. The minimum atomic E-state index is -0.347. The van der Waals surface area contributed by atoms with Crippen LogP contribution in [0.2, 0.25) is 0 Å². The number of benzene rings is 2. The normalized spacial score (nSPS) is 11.6. The number of H-pyrrole nitrogens is 1. The summed E-state index contributed by atoms with van der Waals surface area (Å²) < 4.78 is 6.13. The van der Waals surface area contributed by atoms with Crippen LogP contribution in [0.4, 0.5) is 16.2 Å². The fourth-order valence-corrected chi connectivity index (χ4v) is 5.56. The Morgan fingerprint density at radius 3 is 2.22 bits per heavy atom. The molecule has 45 heavy (non-hydrogen) atoms. The average molecular weight is 612 g/mol. The van der Waals surface area contributed by atoms with E-state index in [2.05, 4.69) is 86.0 Å². The Morgan fingerprint density at radius 1 is 0.911 bits per heavy atom. The van der Waals surface area contributed by atoms with Gasteiger partial charge in [-0.2, -0.15) is 0 Å². The molecule has 2 amide bonds. The number of pyridine rings is 2. The molecule has 0 spiro atoms. The number of anilines is 2. The molecular formula is C37H49N5O3. The minimum absolute atomic E-state index is 0.137. The lowest BCUT2D eigenvalue weighted by molar-refractivity contribution is 0.223. The number of rotatable bonds is 13. The van der Waals surface area contributed by atoms with Crippen molar-refractivity contribution in [1.29, 1.82) is 0 Å². The van der Waals surface area contributed by atoms with E-state index in [9.17, 15) is 9.59 Å². The SMILES string of the molecule is CCN(CC)CCOc1cccc(-c2cc(C(C)C)c(NC(=O)N(CC(C)C)c3cc4cccnc4[nH]c3=O)c(C(C)C)c2)c1. The molecule has 0 aliphatic carbocycles. The molecule has 0 aliphatic heterocycles. The third-order valence-corrected chi connectivity index (χ3v) is 8.09. The van der Waals surface area contributed by atoms with E-state index >= 15 is 0 Å². The van der Waals surface area contributed by atoms with Gasteiger partial charge in [0, 0.05) is 30.4 Å². The summed E-state index contributed by atoms with van der Waals surface area (Å²) in [6.45, 7) is 20.9. The van der Waals surface area contributed by atoms with Crippen molar-refractivity contribution in [3.63, 3.8) is 0 Å². The number of hydrogen-bond donors (Lipinski definition) is 2. The van der Waals surface area contributed by atoms with Gasteiger partial charge in [0.2, 0.25) is 0 Å². The zero-order chi connectivity index (χ0) is 32.7. The van der Waals surface area contributed by atoms with Crippen LogP contribution in [-0.4, -0.2) is 53.7 Å². The number of nitrogens with zero attached hydrogens (tertiary/aromatic N) is 3. The van der Waals surface area contributed by atoms with Gasteiger partial charge in [-0.05, 0) is 95.6 Å². The Hall–Kier alpha value is -4.17. The van der Waals surface area contributed by atoms with Crippen molar-refractivity contribution in [2.45, 2.75) is 67.2 Å². The van der Waals surface area contributed by atoms with Gasteiger partial charge < -0.3 is 19.9 Å². The number of carbonyl (C=O) groups excluding carboxylic acids is 1. The van der Waals surface area contributed by atoms with Crippen LogP contribution in [0, 0.1) is 5.92 Å². The van der Waals surface area contributed by atoms with Crippen molar-refractivity contribution >= 4 is 28.4 Å². The molecule has 2 aromatic carbocycles. The van der Waals surface area contributed by atoms with E-state index in [0.29, 0.717) is 24.5 Å². The summed E-state index contributed by atoms with van der Waals surface area (Å²) in [5.74, 6) is 1.26. The molecule has 0 bridgehead atoms. The minimum Gasteiger partial charge on any atom is -0.492 e. The zero-order valence-corrected chi connectivity index (χ0v) is 28.1. The fraction of sp³-hybridized carbons (Fsp3) is 0.432. The van der Waals surface area contributed by atoms with E-state index in [4.69, 9.17) is 4.74 Å². The van der Waals surface area contributed by atoms with Crippen molar-refractivity contribution in [2.75, 3.05) is 43.0 Å². The second-order valence-electron chi connectivity index (χ2n) is 12.6. The molecular weight excluding hydrogens is 562 g/mol. The molecule has 0 aliphatic rings. The van der Waals surface area contributed by atoms with Crippen LogP contribution in [0.15, 0.2) is 65.6 Å². The summed E-state index contributed by atoms with van der Waals surface area (Å²) in [6.07, 6.45) is 1.64. The molecule has 8 nitrogen and oxygen atoms in total. The number of ether oxygens (including phenoxy) is 1.